The van der Waals surface area contributed by atoms with Gasteiger partial charge in [-0.05, 0) is 34.0 Å². The van der Waals surface area contributed by atoms with Crippen molar-refractivity contribution in [3.8, 4) is 0 Å². The van der Waals surface area contributed by atoms with E-state index in [1.54, 1.807) is 0 Å². The molecule has 0 radical (unpaired) electrons. The molecule has 0 amide bonds. The second-order valence-corrected chi connectivity index (χ2v) is 10.8. The fourth-order valence-electron chi connectivity index (χ4n) is 1.82. The van der Waals surface area contributed by atoms with Gasteiger partial charge in [-0.15, -0.1) is 0 Å². The summed E-state index contributed by atoms with van der Waals surface area (Å²) in [6, 6.07) is 10.2. The fraction of sp³-hybridized carbons (Fsp3) is 0.267. The molecule has 0 saturated carbocycles. The lowest BCUT2D eigenvalue weighted by Crippen LogP contribution is -2.13. The van der Waals surface area contributed by atoms with Crippen LogP contribution in [0.5, 0.6) is 0 Å². The van der Waals surface area contributed by atoms with Crippen LogP contribution in [0.4, 0.5) is 0 Å². The van der Waals surface area contributed by atoms with Crippen molar-refractivity contribution in [3.63, 3.8) is 0 Å². The van der Waals surface area contributed by atoms with Gasteiger partial charge < -0.3 is 0 Å². The summed E-state index contributed by atoms with van der Waals surface area (Å²) in [5.74, 6) is 4.23. The third-order valence-electron chi connectivity index (χ3n) is 3.07. The normalized spacial score (nSPS) is 24.1. The van der Waals surface area contributed by atoms with Gasteiger partial charge in [0.15, 0.2) is 0 Å². The van der Waals surface area contributed by atoms with Crippen LogP contribution in [0.3, 0.4) is 0 Å². The molecular formula is C15H17Cl2P. The lowest BCUT2D eigenvalue weighted by molar-refractivity contribution is 0.793. The Balaban J connectivity index is 2.57. The molecule has 0 nitrogen and oxygen atoms in total. The standard InChI is InChI=1S/C15H17Cl2P/c1-15(2,3)18(17)10-13(9-14(16)11-18)12-7-5-4-6-8-12/h4-11H,1-3H3. The SMILES string of the molecule is CC(C)(C)P1(Cl)=CC(Cl)=CC(c2ccccc2)=C1. The molecule has 1 heterocycles. The molecule has 1 unspecified atom stereocenters. The summed E-state index contributed by atoms with van der Waals surface area (Å²) >= 11 is 13.1. The summed E-state index contributed by atoms with van der Waals surface area (Å²) in [7, 11) is 0. The van der Waals surface area contributed by atoms with Gasteiger partial charge in [0, 0.05) is 11.3 Å². The molecule has 1 aromatic carbocycles. The molecular weight excluding hydrogens is 282 g/mol. The molecule has 1 atom stereocenters. The van der Waals surface area contributed by atoms with E-state index in [1.165, 1.54) is 0 Å². The van der Waals surface area contributed by atoms with Crippen LogP contribution in [-0.2, 0) is 0 Å². The van der Waals surface area contributed by atoms with E-state index < -0.39 is 6.24 Å². The second-order valence-electron chi connectivity index (χ2n) is 5.47. The Morgan fingerprint density at radius 3 is 2.22 bits per heavy atom. The molecule has 0 saturated heterocycles. The molecule has 18 heavy (non-hydrogen) atoms. The molecule has 0 fully saturated rings. The molecule has 3 heteroatoms. The van der Waals surface area contributed by atoms with Gasteiger partial charge >= 0.3 is 0 Å². The van der Waals surface area contributed by atoms with Crippen LogP contribution in [0, 0.1) is 0 Å². The molecule has 0 aliphatic carbocycles. The van der Waals surface area contributed by atoms with E-state index in [9.17, 15) is 0 Å². The van der Waals surface area contributed by atoms with Gasteiger partial charge in [0.25, 0.3) is 0 Å². The molecule has 2 rings (SSSR count). The molecule has 1 aliphatic heterocycles. The van der Waals surface area contributed by atoms with Crippen LogP contribution in [0.15, 0.2) is 47.3 Å². The summed E-state index contributed by atoms with van der Waals surface area (Å²) in [6.45, 7) is 6.50. The van der Waals surface area contributed by atoms with E-state index in [1.807, 2.05) is 30.1 Å². The smallest absolute Gasteiger partial charge is 0.0427 e. The van der Waals surface area contributed by atoms with E-state index in [4.69, 9.17) is 22.8 Å². The monoisotopic (exact) mass is 298 g/mol. The van der Waals surface area contributed by atoms with E-state index in [-0.39, 0.29) is 5.16 Å². The lowest BCUT2D eigenvalue weighted by Gasteiger charge is -2.32. The van der Waals surface area contributed by atoms with Crippen LogP contribution in [0.2, 0.25) is 0 Å². The average Bonchev–Trinajstić information content (AvgIpc) is 2.27. The number of rotatable bonds is 1. The highest BCUT2D eigenvalue weighted by Crippen LogP contribution is 2.67. The Morgan fingerprint density at radius 1 is 1.06 bits per heavy atom. The van der Waals surface area contributed by atoms with Crippen molar-refractivity contribution in [1.82, 2.24) is 0 Å². The average molecular weight is 299 g/mol. The summed E-state index contributed by atoms with van der Waals surface area (Å²) in [5, 5.41) is 0.762. The Hall–Kier alpha value is -0.420. The zero-order chi connectivity index (χ0) is 13.4. The number of allylic oxidation sites excluding steroid dienone is 3. The Labute approximate surface area is 119 Å². The quantitative estimate of drug-likeness (QED) is 0.563. The van der Waals surface area contributed by atoms with Gasteiger partial charge in [0.05, 0.1) is 0 Å². The van der Waals surface area contributed by atoms with Gasteiger partial charge in [0.2, 0.25) is 0 Å². The topological polar surface area (TPSA) is 0 Å². The number of hydrogen-bond acceptors (Lipinski definition) is 0. The first kappa shape index (κ1) is 14.0. The van der Waals surface area contributed by atoms with Crippen LogP contribution >= 0.6 is 29.1 Å². The third-order valence-corrected chi connectivity index (χ3v) is 8.91. The minimum atomic E-state index is -1.84. The largest absolute Gasteiger partial charge is 0.0928 e. The number of halogens is 2. The number of hydrogen-bond donors (Lipinski definition) is 0. The first-order valence-electron chi connectivity index (χ1n) is 5.91. The van der Waals surface area contributed by atoms with Crippen LogP contribution < -0.4 is 0 Å². The van der Waals surface area contributed by atoms with Gasteiger partial charge in [-0.1, -0.05) is 73.9 Å². The van der Waals surface area contributed by atoms with Crippen molar-refractivity contribution in [3.05, 3.63) is 52.8 Å². The minimum absolute atomic E-state index is 0.0169. The van der Waals surface area contributed by atoms with Crippen molar-refractivity contribution in [2.24, 2.45) is 0 Å². The number of benzene rings is 1. The maximum atomic E-state index is 6.84. The van der Waals surface area contributed by atoms with Crippen LogP contribution in [0.25, 0.3) is 5.57 Å². The second kappa shape index (κ2) is 4.93. The molecule has 1 aliphatic rings. The van der Waals surface area contributed by atoms with Crippen molar-refractivity contribution >= 4 is 40.5 Å². The maximum Gasteiger partial charge on any atom is 0.0427 e. The molecule has 0 bridgehead atoms. The Bertz CT molecular complexity index is 560. The summed E-state index contributed by atoms with van der Waals surface area (Å²) in [6.07, 6.45) is 0.149. The highest BCUT2D eigenvalue weighted by Gasteiger charge is 2.30. The highest BCUT2D eigenvalue weighted by molar-refractivity contribution is 8.01. The lowest BCUT2D eigenvalue weighted by atomic mass is 10.1. The van der Waals surface area contributed by atoms with Crippen LogP contribution in [0.1, 0.15) is 26.3 Å². The first-order valence-corrected chi connectivity index (χ1v) is 9.12. The van der Waals surface area contributed by atoms with Gasteiger partial charge in [0.1, 0.15) is 0 Å². The summed E-state index contributed by atoms with van der Waals surface area (Å²) in [4.78, 5) is 0. The minimum Gasteiger partial charge on any atom is -0.0928 e. The maximum absolute atomic E-state index is 6.84. The van der Waals surface area contributed by atoms with Gasteiger partial charge in [-0.25, -0.2) is 0 Å². The molecule has 96 valence electrons. The van der Waals surface area contributed by atoms with Crippen molar-refractivity contribution in [2.45, 2.75) is 25.9 Å². The Morgan fingerprint density at radius 2 is 1.67 bits per heavy atom. The van der Waals surface area contributed by atoms with E-state index >= 15 is 0 Å². The fourth-order valence-corrected chi connectivity index (χ4v) is 5.09. The van der Waals surface area contributed by atoms with Gasteiger partial charge in [-0.2, -0.15) is 0 Å². The molecule has 0 spiro atoms. The Kier molecular flexibility index (Phi) is 3.83. The zero-order valence-corrected chi connectivity index (χ0v) is 13.2. The van der Waals surface area contributed by atoms with Crippen molar-refractivity contribution < 1.29 is 0 Å². The predicted molar refractivity (Wildman–Crippen MR) is 86.9 cm³/mol. The predicted octanol–water partition coefficient (Wildman–Crippen LogP) is 5.94. The van der Waals surface area contributed by atoms with E-state index in [2.05, 4.69) is 38.7 Å². The highest BCUT2D eigenvalue weighted by atomic mass is 35.7. The van der Waals surface area contributed by atoms with E-state index in [0.717, 1.165) is 16.2 Å². The van der Waals surface area contributed by atoms with Gasteiger partial charge in [-0.3, -0.25) is 0 Å². The molecule has 0 aromatic heterocycles. The molecule has 0 N–H and O–H groups in total. The molecule has 1 aromatic rings. The van der Waals surface area contributed by atoms with Crippen molar-refractivity contribution in [2.75, 3.05) is 0 Å². The van der Waals surface area contributed by atoms with Crippen LogP contribution in [-0.4, -0.2) is 11.0 Å². The third kappa shape index (κ3) is 2.77. The summed E-state index contributed by atoms with van der Waals surface area (Å²) < 4.78 is 0. The van der Waals surface area contributed by atoms with E-state index in [0.29, 0.717) is 0 Å². The zero-order valence-electron chi connectivity index (χ0n) is 10.8. The first-order chi connectivity index (χ1) is 8.32. The summed E-state index contributed by atoms with van der Waals surface area (Å²) in [5.41, 5.74) is 2.29. The van der Waals surface area contributed by atoms with Crippen molar-refractivity contribution in [1.29, 1.82) is 0 Å².